The Hall–Kier alpha value is -2.82. The lowest BCUT2D eigenvalue weighted by Crippen LogP contribution is -2.42. The molecule has 0 aliphatic rings. The molecule has 0 atom stereocenters. The summed E-state index contributed by atoms with van der Waals surface area (Å²) in [6, 6.07) is 15.1. The lowest BCUT2D eigenvalue weighted by Gasteiger charge is -2.27. The first-order chi connectivity index (χ1) is 16.7. The second-order valence-electron chi connectivity index (χ2n) is 8.55. The Morgan fingerprint density at radius 3 is 2.37 bits per heavy atom. The third kappa shape index (κ3) is 7.58. The summed E-state index contributed by atoms with van der Waals surface area (Å²) < 4.78 is 41.9. The number of halogens is 1. The van der Waals surface area contributed by atoms with E-state index in [0.717, 1.165) is 17.8 Å². The molecule has 2 aromatic carbocycles. The zero-order chi connectivity index (χ0) is 25.4. The summed E-state index contributed by atoms with van der Waals surface area (Å²) in [7, 11) is 0.195. The Labute approximate surface area is 212 Å². The first-order valence-electron chi connectivity index (χ1n) is 11.4. The molecule has 1 N–H and O–H groups in total. The van der Waals surface area contributed by atoms with Crippen LogP contribution in [0.3, 0.4) is 0 Å². The van der Waals surface area contributed by atoms with E-state index in [1.807, 2.05) is 56.3 Å². The summed E-state index contributed by atoms with van der Waals surface area (Å²) >= 11 is 5.59. The lowest BCUT2D eigenvalue weighted by atomic mass is 10.2. The predicted molar refractivity (Wildman–Crippen MR) is 140 cm³/mol. The maximum Gasteiger partial charge on any atom is 0.228 e. The smallest absolute Gasteiger partial charge is 0.228 e. The maximum absolute atomic E-state index is 13.4. The van der Waals surface area contributed by atoms with Gasteiger partial charge in [0.05, 0.1) is 30.7 Å². The molecule has 35 heavy (non-hydrogen) atoms. The van der Waals surface area contributed by atoms with E-state index in [-0.39, 0.29) is 10.9 Å². The Morgan fingerprint density at radius 2 is 1.74 bits per heavy atom. The first-order valence-corrected chi connectivity index (χ1v) is 13.5. The third-order valence-corrected chi connectivity index (χ3v) is 7.42. The van der Waals surface area contributed by atoms with Crippen molar-refractivity contribution in [3.05, 3.63) is 83.4 Å². The summed E-state index contributed by atoms with van der Waals surface area (Å²) in [4.78, 5) is 8.44. The van der Waals surface area contributed by atoms with Crippen LogP contribution in [0.2, 0.25) is 0 Å². The van der Waals surface area contributed by atoms with Crippen molar-refractivity contribution in [1.29, 1.82) is 0 Å². The van der Waals surface area contributed by atoms with Gasteiger partial charge in [0.1, 0.15) is 5.82 Å². The Morgan fingerprint density at radius 1 is 1.06 bits per heavy atom. The molecule has 3 aromatic rings. The van der Waals surface area contributed by atoms with Gasteiger partial charge >= 0.3 is 0 Å². The predicted octanol–water partition coefficient (Wildman–Crippen LogP) is 3.30. The van der Waals surface area contributed by atoms with Crippen LogP contribution < -0.4 is 5.32 Å². The van der Waals surface area contributed by atoms with Gasteiger partial charge < -0.3 is 19.7 Å². The molecule has 0 bridgehead atoms. The van der Waals surface area contributed by atoms with Gasteiger partial charge in [-0.2, -0.15) is 0 Å². The topological polar surface area (TPSA) is 70.5 Å². The van der Waals surface area contributed by atoms with E-state index in [9.17, 15) is 12.8 Å². The molecule has 0 radical (unpaired) electrons. The van der Waals surface area contributed by atoms with Crippen LogP contribution in [-0.4, -0.2) is 66.6 Å². The van der Waals surface area contributed by atoms with E-state index in [1.54, 1.807) is 10.8 Å². The van der Waals surface area contributed by atoms with E-state index >= 15 is 0 Å². The molecule has 0 saturated carbocycles. The molecule has 0 saturated heterocycles. The van der Waals surface area contributed by atoms with E-state index in [1.165, 1.54) is 24.3 Å². The fraction of sp³-hybridized carbons (Fsp3) is 0.360. The number of imidazole rings is 1. The second kappa shape index (κ2) is 12.2. The van der Waals surface area contributed by atoms with Crippen molar-refractivity contribution < 1.29 is 12.8 Å². The Bertz CT molecular complexity index is 1210. The number of benzene rings is 2. The summed E-state index contributed by atoms with van der Waals surface area (Å²) in [5.74, 6) is -0.674. The molecular formula is C25H32FN5O2S2. The fourth-order valence-corrected chi connectivity index (χ4v) is 5.39. The number of aromatic nitrogens is 2. The molecule has 1 heterocycles. The Kier molecular flexibility index (Phi) is 9.36. The number of hydrogen-bond donors (Lipinski definition) is 1. The second-order valence-corrected chi connectivity index (χ2v) is 10.8. The summed E-state index contributed by atoms with van der Waals surface area (Å²) in [5.41, 5.74) is 2.20. The van der Waals surface area contributed by atoms with Gasteiger partial charge in [-0.05, 0) is 56.5 Å². The third-order valence-electron chi connectivity index (χ3n) is 5.42. The molecule has 0 fully saturated rings. The van der Waals surface area contributed by atoms with Gasteiger partial charge in [0.15, 0.2) is 5.11 Å². The molecule has 0 unspecified atom stereocenters. The standard InChI is InChI=1S/C25H32FN5O2S2/c1-4-27-24(34)30(15-14-29(2)3)18-23-16-28-25(31(23)17-20-8-6-5-7-9-20)35(32,33)19-21-10-12-22(26)13-11-21/h5-13,16H,4,14-15,17-19H2,1-3H3,(H,27,34). The number of nitrogens with zero attached hydrogens (tertiary/aromatic N) is 4. The van der Waals surface area contributed by atoms with Crippen molar-refractivity contribution >= 4 is 27.2 Å². The van der Waals surface area contributed by atoms with Crippen LogP contribution in [0.15, 0.2) is 66.0 Å². The van der Waals surface area contributed by atoms with Crippen LogP contribution in [0, 0.1) is 5.82 Å². The lowest BCUT2D eigenvalue weighted by molar-refractivity contribution is 0.317. The molecule has 188 valence electrons. The largest absolute Gasteiger partial charge is 0.363 e. The van der Waals surface area contributed by atoms with Crippen LogP contribution in [0.1, 0.15) is 23.7 Å². The molecule has 0 aliphatic heterocycles. The molecule has 3 rings (SSSR count). The minimum Gasteiger partial charge on any atom is -0.363 e. The van der Waals surface area contributed by atoms with E-state index in [0.29, 0.717) is 36.9 Å². The van der Waals surface area contributed by atoms with E-state index < -0.39 is 15.7 Å². The van der Waals surface area contributed by atoms with Gasteiger partial charge in [0, 0.05) is 19.6 Å². The van der Waals surface area contributed by atoms with Crippen LogP contribution in [-0.2, 0) is 28.7 Å². The van der Waals surface area contributed by atoms with Crippen molar-refractivity contribution in [2.45, 2.75) is 30.9 Å². The zero-order valence-corrected chi connectivity index (χ0v) is 21.9. The van der Waals surface area contributed by atoms with Crippen molar-refractivity contribution in [2.24, 2.45) is 0 Å². The molecular weight excluding hydrogens is 485 g/mol. The summed E-state index contributed by atoms with van der Waals surface area (Å²) in [5, 5.41) is 3.79. The van der Waals surface area contributed by atoms with Crippen LogP contribution >= 0.6 is 12.2 Å². The van der Waals surface area contributed by atoms with Crippen molar-refractivity contribution in [2.75, 3.05) is 33.7 Å². The quantitative estimate of drug-likeness (QED) is 0.392. The molecule has 0 spiro atoms. The first kappa shape index (κ1) is 26.8. The van der Waals surface area contributed by atoms with Crippen molar-refractivity contribution in [1.82, 2.24) is 24.7 Å². The number of thiocarbonyl (C=S) groups is 1. The molecule has 1 aromatic heterocycles. The number of rotatable bonds is 11. The average Bonchev–Trinajstić information content (AvgIpc) is 3.21. The highest BCUT2D eigenvalue weighted by molar-refractivity contribution is 7.90. The molecule has 0 aliphatic carbocycles. The molecule has 0 amide bonds. The number of nitrogens with one attached hydrogen (secondary N) is 1. The van der Waals surface area contributed by atoms with Gasteiger partial charge in [-0.1, -0.05) is 42.5 Å². The molecule has 10 heteroatoms. The van der Waals surface area contributed by atoms with E-state index in [2.05, 4.69) is 15.2 Å². The van der Waals surface area contributed by atoms with Crippen LogP contribution in [0.4, 0.5) is 4.39 Å². The van der Waals surface area contributed by atoms with Crippen LogP contribution in [0.5, 0.6) is 0 Å². The molecule has 7 nitrogen and oxygen atoms in total. The van der Waals surface area contributed by atoms with Gasteiger partial charge in [0.25, 0.3) is 0 Å². The summed E-state index contributed by atoms with van der Waals surface area (Å²) in [6.07, 6.45) is 1.61. The maximum atomic E-state index is 13.4. The minimum absolute atomic E-state index is 0.0115. The van der Waals surface area contributed by atoms with Gasteiger partial charge in [0.2, 0.25) is 15.0 Å². The van der Waals surface area contributed by atoms with E-state index in [4.69, 9.17) is 12.2 Å². The fourth-order valence-electron chi connectivity index (χ4n) is 3.60. The van der Waals surface area contributed by atoms with Crippen molar-refractivity contribution in [3.8, 4) is 0 Å². The number of likely N-dealkylation sites (N-methyl/N-ethyl adjacent to an activating group) is 1. The minimum atomic E-state index is -3.79. The summed E-state index contributed by atoms with van der Waals surface area (Å²) in [6.45, 7) is 4.89. The highest BCUT2D eigenvalue weighted by Gasteiger charge is 2.25. The number of hydrogen-bond acceptors (Lipinski definition) is 5. The highest BCUT2D eigenvalue weighted by atomic mass is 32.2. The zero-order valence-electron chi connectivity index (χ0n) is 20.3. The van der Waals surface area contributed by atoms with Crippen LogP contribution in [0.25, 0.3) is 0 Å². The SMILES string of the molecule is CCNC(=S)N(CCN(C)C)Cc1cnc(S(=O)(=O)Cc2ccc(F)cc2)n1Cc1ccccc1. The monoisotopic (exact) mass is 517 g/mol. The highest BCUT2D eigenvalue weighted by Crippen LogP contribution is 2.21. The van der Waals surface area contributed by atoms with Crippen molar-refractivity contribution in [3.63, 3.8) is 0 Å². The van der Waals surface area contributed by atoms with Gasteiger partial charge in [-0.3, -0.25) is 0 Å². The average molecular weight is 518 g/mol. The van der Waals surface area contributed by atoms with Gasteiger partial charge in [-0.15, -0.1) is 0 Å². The Balaban J connectivity index is 1.97. The van der Waals surface area contributed by atoms with Gasteiger partial charge in [-0.25, -0.2) is 17.8 Å². The number of sulfone groups is 1. The normalized spacial score (nSPS) is 11.6.